The zero-order valence-corrected chi connectivity index (χ0v) is 69.3. The lowest BCUT2D eigenvalue weighted by molar-refractivity contribution is -0.161. The number of phosphoric ester groups is 2. The van der Waals surface area contributed by atoms with E-state index >= 15 is 0 Å². The van der Waals surface area contributed by atoms with Gasteiger partial charge in [0.25, 0.3) is 0 Å². The lowest BCUT2D eigenvalue weighted by Crippen LogP contribution is -2.30. The fourth-order valence-corrected chi connectivity index (χ4v) is 14.7. The van der Waals surface area contributed by atoms with E-state index in [-0.39, 0.29) is 25.7 Å². The molecule has 19 heteroatoms. The Morgan fingerprint density at radius 1 is 0.262 bits per heavy atom. The molecule has 0 aromatic heterocycles. The maximum absolute atomic E-state index is 13.1. The highest BCUT2D eigenvalue weighted by atomic mass is 31.2. The fraction of sp³-hybridized carbons (Fsp3) is 0.952. The average molecular weight is 1510 g/mol. The van der Waals surface area contributed by atoms with Gasteiger partial charge < -0.3 is 33.8 Å². The Kier molecular flexibility index (Phi) is 75.4. The molecule has 0 radical (unpaired) electrons. The number of carbonyl (C=O) groups excluding carboxylic acids is 4. The van der Waals surface area contributed by atoms with Crippen molar-refractivity contribution in [1.82, 2.24) is 0 Å². The van der Waals surface area contributed by atoms with Gasteiger partial charge in [0.15, 0.2) is 12.2 Å². The molecular weight excluding hydrogens is 1340 g/mol. The third-order valence-corrected chi connectivity index (χ3v) is 21.7. The molecule has 17 nitrogen and oxygen atoms in total. The summed E-state index contributed by atoms with van der Waals surface area (Å²) in [6, 6.07) is 0. The standard InChI is InChI=1S/C84H164O17P2/c1-6-9-12-15-18-21-24-27-29-30-31-32-34-40-45-50-55-60-65-70-84(89)101-80(74-95-82(87)68-63-58-53-48-43-38-36-35-37-41-46-51-56-61-66-77(4)5)76-99-103(92,93)97-72-78(85)71-96-102(90,91)98-75-79(73-94-81(86)67-62-57-52-47-42-26-23-20-17-14-11-8-3)100-83(88)69-64-59-54-49-44-39-33-28-25-22-19-16-13-10-7-2/h77-80,85H,6-76H2,1-5H3,(H,90,91)(H,92,93)/t78-,79+,80+/m0/s1. The Hall–Kier alpha value is -1.94. The van der Waals surface area contributed by atoms with Crippen LogP contribution in [0.25, 0.3) is 0 Å². The third-order valence-electron chi connectivity index (χ3n) is 19.8. The van der Waals surface area contributed by atoms with Crippen molar-refractivity contribution in [3.8, 4) is 0 Å². The first kappa shape index (κ1) is 101. The first-order valence-corrected chi connectivity index (χ1v) is 46.6. The van der Waals surface area contributed by atoms with Crippen molar-refractivity contribution in [2.24, 2.45) is 5.92 Å². The van der Waals surface area contributed by atoms with E-state index in [2.05, 4.69) is 34.6 Å². The van der Waals surface area contributed by atoms with Gasteiger partial charge in [0, 0.05) is 25.7 Å². The summed E-state index contributed by atoms with van der Waals surface area (Å²) in [6.45, 7) is 7.38. The lowest BCUT2D eigenvalue weighted by atomic mass is 10.0. The van der Waals surface area contributed by atoms with E-state index in [0.29, 0.717) is 25.7 Å². The molecule has 0 amide bonds. The van der Waals surface area contributed by atoms with Crippen molar-refractivity contribution < 1.29 is 80.2 Å². The smallest absolute Gasteiger partial charge is 0.462 e. The summed E-state index contributed by atoms with van der Waals surface area (Å²) in [6.07, 6.45) is 69.2. The van der Waals surface area contributed by atoms with Crippen molar-refractivity contribution in [3.63, 3.8) is 0 Å². The molecule has 5 atom stereocenters. The zero-order chi connectivity index (χ0) is 75.5. The Balaban J connectivity index is 5.25. The number of phosphoric acid groups is 2. The van der Waals surface area contributed by atoms with E-state index in [1.807, 2.05) is 0 Å². The normalized spacial score (nSPS) is 13.8. The second kappa shape index (κ2) is 76.8. The Bertz CT molecular complexity index is 1960. The predicted octanol–water partition coefficient (Wildman–Crippen LogP) is 25.6. The Morgan fingerprint density at radius 3 is 0.660 bits per heavy atom. The van der Waals surface area contributed by atoms with E-state index in [1.54, 1.807) is 0 Å². The molecule has 0 bridgehead atoms. The summed E-state index contributed by atoms with van der Waals surface area (Å²) in [5.41, 5.74) is 0. The maximum atomic E-state index is 13.1. The van der Waals surface area contributed by atoms with Crippen molar-refractivity contribution in [3.05, 3.63) is 0 Å². The third kappa shape index (κ3) is 78.0. The minimum Gasteiger partial charge on any atom is -0.462 e. The van der Waals surface area contributed by atoms with Crippen LogP contribution in [0.4, 0.5) is 0 Å². The molecule has 0 aromatic rings. The predicted molar refractivity (Wildman–Crippen MR) is 423 cm³/mol. The van der Waals surface area contributed by atoms with E-state index < -0.39 is 97.5 Å². The minimum absolute atomic E-state index is 0.109. The highest BCUT2D eigenvalue weighted by Crippen LogP contribution is 2.45. The first-order chi connectivity index (χ1) is 50.0. The van der Waals surface area contributed by atoms with Gasteiger partial charge in [0.2, 0.25) is 0 Å². The van der Waals surface area contributed by atoms with E-state index in [0.717, 1.165) is 95.8 Å². The summed E-state index contributed by atoms with van der Waals surface area (Å²) in [5.74, 6) is -1.30. The molecule has 2 unspecified atom stereocenters. The molecule has 0 saturated carbocycles. The molecule has 3 N–H and O–H groups in total. The van der Waals surface area contributed by atoms with Crippen LogP contribution in [-0.4, -0.2) is 96.7 Å². The molecule has 0 rings (SSSR count). The van der Waals surface area contributed by atoms with Crippen molar-refractivity contribution in [2.75, 3.05) is 39.6 Å². The van der Waals surface area contributed by atoms with Crippen LogP contribution in [0.5, 0.6) is 0 Å². The van der Waals surface area contributed by atoms with Crippen LogP contribution in [0.15, 0.2) is 0 Å². The van der Waals surface area contributed by atoms with Crippen LogP contribution in [0, 0.1) is 5.92 Å². The van der Waals surface area contributed by atoms with Crippen molar-refractivity contribution in [1.29, 1.82) is 0 Å². The second-order valence-electron chi connectivity index (χ2n) is 30.7. The molecular formula is C84H164O17P2. The maximum Gasteiger partial charge on any atom is 0.472 e. The van der Waals surface area contributed by atoms with Crippen LogP contribution < -0.4 is 0 Å². The fourth-order valence-electron chi connectivity index (χ4n) is 13.1. The number of unbranched alkanes of at least 4 members (excludes halogenated alkanes) is 56. The molecule has 0 saturated heterocycles. The van der Waals surface area contributed by atoms with Gasteiger partial charge in [-0.1, -0.05) is 401 Å². The number of hydrogen-bond acceptors (Lipinski definition) is 15. The van der Waals surface area contributed by atoms with E-state index in [1.165, 1.54) is 276 Å². The second-order valence-corrected chi connectivity index (χ2v) is 33.6. The van der Waals surface area contributed by atoms with Crippen LogP contribution in [0.3, 0.4) is 0 Å². The monoisotopic (exact) mass is 1510 g/mol. The largest absolute Gasteiger partial charge is 0.472 e. The Labute approximate surface area is 632 Å². The number of esters is 4. The number of aliphatic hydroxyl groups is 1. The lowest BCUT2D eigenvalue weighted by Gasteiger charge is -2.21. The van der Waals surface area contributed by atoms with Gasteiger partial charge in [0.1, 0.15) is 19.3 Å². The van der Waals surface area contributed by atoms with Crippen molar-refractivity contribution in [2.45, 2.75) is 470 Å². The molecule has 0 spiro atoms. The molecule has 0 aromatic carbocycles. The first-order valence-electron chi connectivity index (χ1n) is 43.6. The number of carbonyl (C=O) groups is 4. The minimum atomic E-state index is -4.96. The number of ether oxygens (including phenoxy) is 4. The number of rotatable bonds is 84. The van der Waals surface area contributed by atoms with Gasteiger partial charge in [0.05, 0.1) is 26.4 Å². The molecule has 612 valence electrons. The van der Waals surface area contributed by atoms with Crippen LogP contribution in [-0.2, 0) is 65.4 Å². The van der Waals surface area contributed by atoms with E-state index in [4.69, 9.17) is 37.0 Å². The summed E-state index contributed by atoms with van der Waals surface area (Å²) in [7, 11) is -9.92. The van der Waals surface area contributed by atoms with Crippen LogP contribution in [0.1, 0.15) is 452 Å². The number of aliphatic hydroxyl groups excluding tert-OH is 1. The SMILES string of the molecule is CCCCCCCCCCCCCCCCCCCCCC(=O)O[C@H](COC(=O)CCCCCCCCCCCCCCCCC(C)C)COP(=O)(O)OC[C@@H](O)COP(=O)(O)OC[C@@H](COC(=O)CCCCCCCCCCCCCC)OC(=O)CCCCCCCCCCCCCCCCC. The highest BCUT2D eigenvalue weighted by Gasteiger charge is 2.30. The molecule has 0 fully saturated rings. The van der Waals surface area contributed by atoms with Crippen molar-refractivity contribution >= 4 is 39.5 Å². The topological polar surface area (TPSA) is 237 Å². The molecule has 0 heterocycles. The van der Waals surface area contributed by atoms with Gasteiger partial charge in [-0.05, 0) is 31.6 Å². The van der Waals surface area contributed by atoms with Gasteiger partial charge in [-0.15, -0.1) is 0 Å². The van der Waals surface area contributed by atoms with Gasteiger partial charge >= 0.3 is 39.5 Å². The summed E-state index contributed by atoms with van der Waals surface area (Å²) in [4.78, 5) is 73.2. The highest BCUT2D eigenvalue weighted by molar-refractivity contribution is 7.47. The molecule has 0 aliphatic heterocycles. The molecule has 103 heavy (non-hydrogen) atoms. The van der Waals surface area contributed by atoms with Gasteiger partial charge in [-0.3, -0.25) is 37.3 Å². The van der Waals surface area contributed by atoms with Crippen LogP contribution >= 0.6 is 15.6 Å². The summed E-state index contributed by atoms with van der Waals surface area (Å²) >= 11 is 0. The quantitative estimate of drug-likeness (QED) is 0.0222. The summed E-state index contributed by atoms with van der Waals surface area (Å²) in [5, 5.41) is 10.7. The van der Waals surface area contributed by atoms with Gasteiger partial charge in [-0.2, -0.15) is 0 Å². The number of hydrogen-bond donors (Lipinski definition) is 3. The Morgan fingerprint density at radius 2 is 0.447 bits per heavy atom. The molecule has 0 aliphatic carbocycles. The zero-order valence-electron chi connectivity index (χ0n) is 67.5. The van der Waals surface area contributed by atoms with E-state index in [9.17, 15) is 43.2 Å². The molecule has 0 aliphatic rings. The average Bonchev–Trinajstić information content (AvgIpc) is 0.978. The van der Waals surface area contributed by atoms with Crippen LogP contribution in [0.2, 0.25) is 0 Å². The summed E-state index contributed by atoms with van der Waals surface area (Å²) < 4.78 is 68.9. The van der Waals surface area contributed by atoms with Gasteiger partial charge in [-0.25, -0.2) is 9.13 Å².